The maximum Gasteiger partial charge on any atom is 0.234 e. The molecule has 4 nitrogen and oxygen atoms in total. The minimum Gasteiger partial charge on any atom is -0.387 e. The highest BCUT2D eigenvalue weighted by atomic mass is 16.3. The Hall–Kier alpha value is -2.46. The van der Waals surface area contributed by atoms with E-state index in [0.717, 1.165) is 11.1 Å². The number of benzene rings is 2. The van der Waals surface area contributed by atoms with E-state index >= 15 is 0 Å². The summed E-state index contributed by atoms with van der Waals surface area (Å²) in [5, 5.41) is 13.0. The van der Waals surface area contributed by atoms with Gasteiger partial charge in [-0.2, -0.15) is 0 Å². The predicted molar refractivity (Wildman–Crippen MR) is 91.6 cm³/mol. The molecule has 124 valence electrons. The van der Waals surface area contributed by atoms with E-state index in [9.17, 15) is 14.7 Å². The second-order valence-corrected chi connectivity index (χ2v) is 6.36. The van der Waals surface area contributed by atoms with Gasteiger partial charge in [-0.1, -0.05) is 54.6 Å². The molecule has 4 heteroatoms. The number of hydrogen-bond donors (Lipinski definition) is 2. The summed E-state index contributed by atoms with van der Waals surface area (Å²) in [6, 6.07) is 16.4. The third-order valence-electron chi connectivity index (χ3n) is 4.66. The predicted octanol–water partition coefficient (Wildman–Crippen LogP) is 2.81. The summed E-state index contributed by atoms with van der Waals surface area (Å²) in [5.41, 5.74) is 1.37. The van der Waals surface area contributed by atoms with Gasteiger partial charge < -0.3 is 10.4 Å². The Labute approximate surface area is 141 Å². The van der Waals surface area contributed by atoms with Gasteiger partial charge in [0, 0.05) is 12.1 Å². The van der Waals surface area contributed by atoms with Crippen molar-refractivity contribution in [2.45, 2.75) is 25.9 Å². The zero-order valence-corrected chi connectivity index (χ0v) is 13.7. The fraction of sp³-hybridized carbons (Fsp3) is 0.300. The van der Waals surface area contributed by atoms with Crippen molar-refractivity contribution in [1.29, 1.82) is 0 Å². The van der Waals surface area contributed by atoms with E-state index in [4.69, 9.17) is 0 Å². The molecule has 0 saturated heterocycles. The number of aliphatic hydroxyl groups excluding tert-OH is 1. The second kappa shape index (κ2) is 6.57. The molecule has 1 fully saturated rings. The first kappa shape index (κ1) is 16.4. The lowest BCUT2D eigenvalue weighted by atomic mass is 9.93. The second-order valence-electron chi connectivity index (χ2n) is 6.36. The first-order chi connectivity index (χ1) is 11.5. The molecule has 0 bridgehead atoms. The Morgan fingerprint density at radius 2 is 1.71 bits per heavy atom. The van der Waals surface area contributed by atoms with Crippen LogP contribution < -0.4 is 5.32 Å². The molecule has 0 radical (unpaired) electrons. The molecular formula is C20H21NO3. The topological polar surface area (TPSA) is 66.4 Å². The molecule has 1 atom stereocenters. The van der Waals surface area contributed by atoms with Crippen LogP contribution >= 0.6 is 0 Å². The summed E-state index contributed by atoms with van der Waals surface area (Å²) in [4.78, 5) is 25.1. The zero-order valence-electron chi connectivity index (χ0n) is 13.7. The minimum absolute atomic E-state index is 0.105. The Morgan fingerprint density at radius 1 is 1.08 bits per heavy atom. The van der Waals surface area contributed by atoms with Crippen LogP contribution in [-0.2, 0) is 4.79 Å². The van der Waals surface area contributed by atoms with Crippen molar-refractivity contribution in [1.82, 2.24) is 5.32 Å². The number of ketones is 1. The molecule has 1 aliphatic carbocycles. The van der Waals surface area contributed by atoms with E-state index in [1.54, 1.807) is 24.3 Å². The van der Waals surface area contributed by atoms with Crippen LogP contribution in [0, 0.1) is 12.3 Å². The monoisotopic (exact) mass is 323 g/mol. The van der Waals surface area contributed by atoms with Gasteiger partial charge in [0.2, 0.25) is 5.91 Å². The van der Waals surface area contributed by atoms with Gasteiger partial charge in [0.15, 0.2) is 5.78 Å². The maximum atomic E-state index is 12.6. The van der Waals surface area contributed by atoms with E-state index in [1.165, 1.54) is 0 Å². The molecular weight excluding hydrogens is 302 g/mol. The van der Waals surface area contributed by atoms with Crippen LogP contribution in [0.2, 0.25) is 0 Å². The minimum atomic E-state index is -0.952. The molecule has 0 aromatic heterocycles. The smallest absolute Gasteiger partial charge is 0.234 e. The number of rotatable bonds is 6. The third-order valence-corrected chi connectivity index (χ3v) is 4.66. The molecule has 1 amide bonds. The highest BCUT2D eigenvalue weighted by Gasteiger charge is 2.56. The van der Waals surface area contributed by atoms with Crippen LogP contribution in [0.15, 0.2) is 54.6 Å². The van der Waals surface area contributed by atoms with Gasteiger partial charge in [0.05, 0.1) is 6.10 Å². The summed E-state index contributed by atoms with van der Waals surface area (Å²) in [6.45, 7) is 2.02. The number of hydrogen-bond acceptors (Lipinski definition) is 3. The molecule has 2 aromatic rings. The van der Waals surface area contributed by atoms with E-state index in [-0.39, 0.29) is 18.2 Å². The third kappa shape index (κ3) is 3.10. The lowest BCUT2D eigenvalue weighted by Gasteiger charge is -2.18. The lowest BCUT2D eigenvalue weighted by Crippen LogP contribution is -2.39. The van der Waals surface area contributed by atoms with Crippen molar-refractivity contribution >= 4 is 11.7 Å². The summed E-state index contributed by atoms with van der Waals surface area (Å²) < 4.78 is 0. The summed E-state index contributed by atoms with van der Waals surface area (Å²) in [7, 11) is 0. The average Bonchev–Trinajstić information content (AvgIpc) is 3.42. The number of carbonyl (C=O) groups is 2. The fourth-order valence-corrected chi connectivity index (χ4v) is 2.98. The fourth-order valence-electron chi connectivity index (χ4n) is 2.98. The lowest BCUT2D eigenvalue weighted by molar-refractivity contribution is -0.125. The standard InChI is InChI=1S/C20H21NO3/c1-14-7-5-6-10-16(14)17(22)13-21-19(24)20(11-12-20)18(23)15-8-3-2-4-9-15/h2-10,17,22H,11-13H2,1H3,(H,21,24)/t17-/m1/s1. The van der Waals surface area contributed by atoms with Gasteiger partial charge in [-0.3, -0.25) is 9.59 Å². The highest BCUT2D eigenvalue weighted by Crippen LogP contribution is 2.48. The Kier molecular flexibility index (Phi) is 4.49. The van der Waals surface area contributed by atoms with E-state index in [0.29, 0.717) is 18.4 Å². The first-order valence-corrected chi connectivity index (χ1v) is 8.16. The largest absolute Gasteiger partial charge is 0.387 e. The van der Waals surface area contributed by atoms with E-state index < -0.39 is 11.5 Å². The van der Waals surface area contributed by atoms with Crippen molar-refractivity contribution < 1.29 is 14.7 Å². The van der Waals surface area contributed by atoms with Crippen LogP contribution in [-0.4, -0.2) is 23.3 Å². The molecule has 1 aliphatic rings. The van der Waals surface area contributed by atoms with E-state index in [1.807, 2.05) is 37.3 Å². The van der Waals surface area contributed by atoms with Crippen molar-refractivity contribution in [2.75, 3.05) is 6.54 Å². The van der Waals surface area contributed by atoms with Gasteiger partial charge in [-0.05, 0) is 30.9 Å². The van der Waals surface area contributed by atoms with Gasteiger partial charge >= 0.3 is 0 Å². The van der Waals surface area contributed by atoms with Gasteiger partial charge in [0.25, 0.3) is 0 Å². The highest BCUT2D eigenvalue weighted by molar-refractivity contribution is 6.16. The van der Waals surface area contributed by atoms with Crippen LogP contribution in [0.25, 0.3) is 0 Å². The summed E-state index contributed by atoms with van der Waals surface area (Å²) in [6.07, 6.45) is 0.345. The number of amides is 1. The molecule has 0 unspecified atom stereocenters. The number of aryl methyl sites for hydroxylation is 1. The quantitative estimate of drug-likeness (QED) is 0.634. The molecule has 2 N–H and O–H groups in total. The van der Waals surface area contributed by atoms with Crippen molar-refractivity contribution in [3.63, 3.8) is 0 Å². The van der Waals surface area contributed by atoms with Crippen molar-refractivity contribution in [3.8, 4) is 0 Å². The van der Waals surface area contributed by atoms with Gasteiger partial charge in [0.1, 0.15) is 5.41 Å². The molecule has 3 rings (SSSR count). The van der Waals surface area contributed by atoms with Gasteiger partial charge in [-0.25, -0.2) is 0 Å². The van der Waals surface area contributed by atoms with Crippen LogP contribution in [0.3, 0.4) is 0 Å². The number of carbonyl (C=O) groups excluding carboxylic acids is 2. The molecule has 24 heavy (non-hydrogen) atoms. The summed E-state index contributed by atoms with van der Waals surface area (Å²) >= 11 is 0. The number of nitrogens with one attached hydrogen (secondary N) is 1. The molecule has 0 heterocycles. The molecule has 0 aliphatic heterocycles. The van der Waals surface area contributed by atoms with Crippen LogP contribution in [0.5, 0.6) is 0 Å². The van der Waals surface area contributed by atoms with Crippen LogP contribution in [0.1, 0.15) is 40.4 Å². The zero-order chi connectivity index (χ0) is 17.2. The van der Waals surface area contributed by atoms with Crippen molar-refractivity contribution in [2.24, 2.45) is 5.41 Å². The van der Waals surface area contributed by atoms with Crippen molar-refractivity contribution in [3.05, 3.63) is 71.3 Å². The Morgan fingerprint density at radius 3 is 2.33 bits per heavy atom. The molecule has 1 saturated carbocycles. The van der Waals surface area contributed by atoms with E-state index in [2.05, 4.69) is 5.32 Å². The average molecular weight is 323 g/mol. The van der Waals surface area contributed by atoms with Crippen LogP contribution in [0.4, 0.5) is 0 Å². The SMILES string of the molecule is Cc1ccccc1[C@H](O)CNC(=O)C1(C(=O)c2ccccc2)CC1. The number of Topliss-reactive ketones (excluding diaryl/α,β-unsaturated/α-hetero) is 1. The van der Waals surface area contributed by atoms with Gasteiger partial charge in [-0.15, -0.1) is 0 Å². The molecule has 2 aromatic carbocycles. The normalized spacial score (nSPS) is 16.2. The Balaban J connectivity index is 1.65. The maximum absolute atomic E-state index is 12.6. The number of aliphatic hydroxyl groups is 1. The molecule has 0 spiro atoms. The Bertz CT molecular complexity index is 750. The first-order valence-electron chi connectivity index (χ1n) is 8.16. The summed E-state index contributed by atoms with van der Waals surface area (Å²) in [5.74, 6) is -0.421.